The molecule has 0 bridgehead atoms. The van der Waals surface area contributed by atoms with Gasteiger partial charge in [-0.05, 0) is 32.0 Å². The largest absolute Gasteiger partial charge is 0.464 e. The van der Waals surface area contributed by atoms with Gasteiger partial charge in [0.25, 0.3) is 0 Å². The van der Waals surface area contributed by atoms with Crippen molar-refractivity contribution in [3.63, 3.8) is 0 Å². The number of rotatable bonds is 4. The van der Waals surface area contributed by atoms with Gasteiger partial charge in [-0.3, -0.25) is 0 Å². The van der Waals surface area contributed by atoms with Gasteiger partial charge in [-0.1, -0.05) is 6.07 Å². The van der Waals surface area contributed by atoms with Crippen LogP contribution >= 0.6 is 0 Å². The number of anilines is 2. The summed E-state index contributed by atoms with van der Waals surface area (Å²) >= 11 is 0. The van der Waals surface area contributed by atoms with Crippen molar-refractivity contribution < 1.29 is 9.53 Å². The molecule has 1 rings (SSSR count). The fourth-order valence-electron chi connectivity index (χ4n) is 1.39. The minimum atomic E-state index is -0.318. The second kappa shape index (κ2) is 5.39. The van der Waals surface area contributed by atoms with E-state index in [9.17, 15) is 4.79 Å². The Hall–Kier alpha value is -1.71. The summed E-state index contributed by atoms with van der Waals surface area (Å²) in [5.41, 5.74) is 7.27. The molecule has 0 aliphatic heterocycles. The Kier molecular flexibility index (Phi) is 4.17. The Morgan fingerprint density at radius 2 is 2.25 bits per heavy atom. The molecule has 0 saturated carbocycles. The highest BCUT2D eigenvalue weighted by Crippen LogP contribution is 2.18. The lowest BCUT2D eigenvalue weighted by Gasteiger charge is -2.25. The van der Waals surface area contributed by atoms with Crippen LogP contribution in [0.1, 0.15) is 13.8 Å². The van der Waals surface area contributed by atoms with Gasteiger partial charge in [0.2, 0.25) is 0 Å². The van der Waals surface area contributed by atoms with E-state index in [2.05, 4.69) is 0 Å². The van der Waals surface area contributed by atoms with Crippen LogP contribution in [0.5, 0.6) is 0 Å². The predicted octanol–water partition coefficient (Wildman–Crippen LogP) is 1.66. The lowest BCUT2D eigenvalue weighted by molar-refractivity contribution is -0.144. The molecule has 0 aliphatic carbocycles. The average Bonchev–Trinajstić information content (AvgIpc) is 2.27. The van der Waals surface area contributed by atoms with E-state index in [-0.39, 0.29) is 12.0 Å². The van der Waals surface area contributed by atoms with Crippen LogP contribution in [-0.4, -0.2) is 25.7 Å². The van der Waals surface area contributed by atoms with E-state index < -0.39 is 0 Å². The summed E-state index contributed by atoms with van der Waals surface area (Å²) in [5, 5.41) is 0. The summed E-state index contributed by atoms with van der Waals surface area (Å²) in [6.45, 7) is 4.00. The summed E-state index contributed by atoms with van der Waals surface area (Å²) in [6.07, 6.45) is 0. The number of nitrogen functional groups attached to an aromatic ring is 1. The lowest BCUT2D eigenvalue weighted by atomic mass is 10.2. The van der Waals surface area contributed by atoms with Gasteiger partial charge in [0.1, 0.15) is 6.04 Å². The van der Waals surface area contributed by atoms with Crippen molar-refractivity contribution in [2.75, 3.05) is 24.3 Å². The van der Waals surface area contributed by atoms with Crippen LogP contribution in [0.2, 0.25) is 0 Å². The SMILES string of the molecule is CCOC(=O)C(C)N(C)c1cccc(N)c1. The van der Waals surface area contributed by atoms with E-state index in [1.54, 1.807) is 13.8 Å². The van der Waals surface area contributed by atoms with E-state index in [1.165, 1.54) is 0 Å². The molecule has 0 spiro atoms. The first kappa shape index (κ1) is 12.4. The molecule has 1 aromatic carbocycles. The van der Waals surface area contributed by atoms with Crippen molar-refractivity contribution in [2.24, 2.45) is 0 Å². The number of nitrogens with zero attached hydrogens (tertiary/aromatic N) is 1. The van der Waals surface area contributed by atoms with Crippen molar-refractivity contribution in [1.82, 2.24) is 0 Å². The van der Waals surface area contributed by atoms with Gasteiger partial charge in [0.15, 0.2) is 0 Å². The molecule has 0 aliphatic rings. The molecule has 0 saturated heterocycles. The van der Waals surface area contributed by atoms with Crippen molar-refractivity contribution in [3.05, 3.63) is 24.3 Å². The second-order valence-electron chi connectivity index (χ2n) is 3.63. The third-order valence-corrected chi connectivity index (χ3v) is 2.49. The van der Waals surface area contributed by atoms with Crippen LogP contribution in [0.15, 0.2) is 24.3 Å². The molecule has 4 nitrogen and oxygen atoms in total. The van der Waals surface area contributed by atoms with Crippen molar-refractivity contribution in [3.8, 4) is 0 Å². The van der Waals surface area contributed by atoms with Crippen molar-refractivity contribution >= 4 is 17.3 Å². The smallest absolute Gasteiger partial charge is 0.328 e. The molecular formula is C12H18N2O2. The number of benzene rings is 1. The van der Waals surface area contributed by atoms with Gasteiger partial charge in [-0.25, -0.2) is 4.79 Å². The highest BCUT2D eigenvalue weighted by atomic mass is 16.5. The maximum atomic E-state index is 11.5. The van der Waals surface area contributed by atoms with Gasteiger partial charge in [-0.2, -0.15) is 0 Å². The Labute approximate surface area is 96.0 Å². The van der Waals surface area contributed by atoms with Crippen molar-refractivity contribution in [2.45, 2.75) is 19.9 Å². The van der Waals surface area contributed by atoms with E-state index in [0.717, 1.165) is 5.69 Å². The van der Waals surface area contributed by atoms with E-state index in [1.807, 2.05) is 36.2 Å². The first-order valence-electron chi connectivity index (χ1n) is 5.31. The quantitative estimate of drug-likeness (QED) is 0.621. The molecule has 0 amide bonds. The number of hydrogen-bond donors (Lipinski definition) is 1. The first-order chi connectivity index (χ1) is 7.56. The third-order valence-electron chi connectivity index (χ3n) is 2.49. The van der Waals surface area contributed by atoms with Gasteiger partial charge < -0.3 is 15.4 Å². The predicted molar refractivity (Wildman–Crippen MR) is 65.4 cm³/mol. The fourth-order valence-corrected chi connectivity index (χ4v) is 1.39. The van der Waals surface area contributed by atoms with Crippen LogP contribution in [0.4, 0.5) is 11.4 Å². The standard InChI is InChI=1S/C12H18N2O2/c1-4-16-12(15)9(2)14(3)11-7-5-6-10(13)8-11/h5-9H,4,13H2,1-3H3. The molecule has 0 aromatic heterocycles. The molecule has 0 radical (unpaired) electrons. The Bertz CT molecular complexity index is 366. The molecule has 1 aromatic rings. The zero-order valence-corrected chi connectivity index (χ0v) is 9.93. The maximum absolute atomic E-state index is 11.5. The normalized spacial score (nSPS) is 11.9. The number of hydrogen-bond acceptors (Lipinski definition) is 4. The van der Waals surface area contributed by atoms with Gasteiger partial charge in [-0.15, -0.1) is 0 Å². The number of ether oxygens (including phenoxy) is 1. The number of carbonyl (C=O) groups is 1. The summed E-state index contributed by atoms with van der Waals surface area (Å²) in [4.78, 5) is 13.4. The number of carbonyl (C=O) groups excluding carboxylic acids is 1. The van der Waals surface area contributed by atoms with Gasteiger partial charge >= 0.3 is 5.97 Å². The average molecular weight is 222 g/mol. The molecular weight excluding hydrogens is 204 g/mol. The van der Waals surface area contributed by atoms with Crippen LogP contribution in [0, 0.1) is 0 Å². The fraction of sp³-hybridized carbons (Fsp3) is 0.417. The molecule has 88 valence electrons. The minimum Gasteiger partial charge on any atom is -0.464 e. The number of esters is 1. The second-order valence-corrected chi connectivity index (χ2v) is 3.63. The molecule has 0 fully saturated rings. The molecule has 1 atom stereocenters. The Balaban J connectivity index is 2.77. The first-order valence-corrected chi connectivity index (χ1v) is 5.31. The van der Waals surface area contributed by atoms with Gasteiger partial charge in [0, 0.05) is 18.4 Å². The van der Waals surface area contributed by atoms with E-state index >= 15 is 0 Å². The summed E-state index contributed by atoms with van der Waals surface area (Å²) in [5.74, 6) is -0.229. The van der Waals surface area contributed by atoms with E-state index in [0.29, 0.717) is 12.3 Å². The zero-order chi connectivity index (χ0) is 12.1. The zero-order valence-electron chi connectivity index (χ0n) is 9.93. The molecule has 16 heavy (non-hydrogen) atoms. The third kappa shape index (κ3) is 2.89. The number of nitrogens with two attached hydrogens (primary N) is 1. The van der Waals surface area contributed by atoms with Crippen LogP contribution < -0.4 is 10.6 Å². The minimum absolute atomic E-state index is 0.229. The Morgan fingerprint density at radius 1 is 1.56 bits per heavy atom. The highest BCUT2D eigenvalue weighted by Gasteiger charge is 2.19. The monoisotopic (exact) mass is 222 g/mol. The lowest BCUT2D eigenvalue weighted by Crippen LogP contribution is -2.37. The molecule has 0 heterocycles. The van der Waals surface area contributed by atoms with Crippen LogP contribution in [0.3, 0.4) is 0 Å². The summed E-state index contributed by atoms with van der Waals surface area (Å²) in [6, 6.07) is 7.09. The van der Waals surface area contributed by atoms with Gasteiger partial charge in [0.05, 0.1) is 6.61 Å². The molecule has 4 heteroatoms. The Morgan fingerprint density at radius 3 is 2.81 bits per heavy atom. The van der Waals surface area contributed by atoms with Crippen LogP contribution in [-0.2, 0) is 9.53 Å². The number of likely N-dealkylation sites (N-methyl/N-ethyl adjacent to an activating group) is 1. The summed E-state index contributed by atoms with van der Waals surface area (Å²) < 4.78 is 4.96. The highest BCUT2D eigenvalue weighted by molar-refractivity contribution is 5.79. The summed E-state index contributed by atoms with van der Waals surface area (Å²) in [7, 11) is 1.84. The maximum Gasteiger partial charge on any atom is 0.328 e. The topological polar surface area (TPSA) is 55.6 Å². The molecule has 2 N–H and O–H groups in total. The molecule has 1 unspecified atom stereocenters. The van der Waals surface area contributed by atoms with Crippen LogP contribution in [0.25, 0.3) is 0 Å². The van der Waals surface area contributed by atoms with E-state index in [4.69, 9.17) is 10.5 Å². The van der Waals surface area contributed by atoms with Crippen molar-refractivity contribution in [1.29, 1.82) is 0 Å².